The number of aromatic nitrogens is 1. The van der Waals surface area contributed by atoms with E-state index in [0.29, 0.717) is 22.0 Å². The SMILES string of the molecule is CCC(CBr)(CBr)NC(=O)c1ccncc1OC. The van der Waals surface area contributed by atoms with Crippen LogP contribution in [0, 0.1) is 0 Å². The number of ether oxygens (including phenoxy) is 1. The lowest BCUT2D eigenvalue weighted by Gasteiger charge is -2.30. The highest BCUT2D eigenvalue weighted by atomic mass is 79.9. The third kappa shape index (κ3) is 3.45. The first-order valence-corrected chi connectivity index (χ1v) is 7.79. The molecule has 0 saturated heterocycles. The van der Waals surface area contributed by atoms with Gasteiger partial charge in [-0.05, 0) is 12.5 Å². The van der Waals surface area contributed by atoms with Crippen molar-refractivity contribution in [2.45, 2.75) is 18.9 Å². The predicted molar refractivity (Wildman–Crippen MR) is 78.9 cm³/mol. The van der Waals surface area contributed by atoms with Crippen LogP contribution in [0.5, 0.6) is 5.75 Å². The zero-order valence-corrected chi connectivity index (χ0v) is 13.5. The van der Waals surface area contributed by atoms with Crippen LogP contribution >= 0.6 is 31.9 Å². The Balaban J connectivity index is 2.94. The van der Waals surface area contributed by atoms with Gasteiger partial charge in [0.25, 0.3) is 5.91 Å². The zero-order valence-electron chi connectivity index (χ0n) is 10.4. The predicted octanol–water partition coefficient (Wildman–Crippen LogP) is 2.76. The highest BCUT2D eigenvalue weighted by Crippen LogP contribution is 2.20. The van der Waals surface area contributed by atoms with E-state index in [1.807, 2.05) is 6.92 Å². The van der Waals surface area contributed by atoms with Gasteiger partial charge in [0.2, 0.25) is 0 Å². The number of rotatable bonds is 6. The van der Waals surface area contributed by atoms with Crippen molar-refractivity contribution in [2.75, 3.05) is 17.8 Å². The van der Waals surface area contributed by atoms with Crippen LogP contribution < -0.4 is 10.1 Å². The Bertz CT molecular complexity index is 401. The number of hydrogen-bond acceptors (Lipinski definition) is 3. The van der Waals surface area contributed by atoms with Crippen LogP contribution in [0.2, 0.25) is 0 Å². The lowest BCUT2D eigenvalue weighted by atomic mass is 10.0. The molecule has 18 heavy (non-hydrogen) atoms. The summed E-state index contributed by atoms with van der Waals surface area (Å²) in [6, 6.07) is 1.65. The highest BCUT2D eigenvalue weighted by molar-refractivity contribution is 9.09. The Morgan fingerprint density at radius 1 is 1.50 bits per heavy atom. The van der Waals surface area contributed by atoms with E-state index >= 15 is 0 Å². The molecule has 0 bridgehead atoms. The molecule has 0 spiro atoms. The van der Waals surface area contributed by atoms with E-state index < -0.39 is 0 Å². The van der Waals surface area contributed by atoms with Gasteiger partial charge in [0.05, 0.1) is 24.4 Å². The first kappa shape index (κ1) is 15.4. The molecule has 4 nitrogen and oxygen atoms in total. The standard InChI is InChI=1S/C12H16Br2N2O2/c1-3-12(7-13,8-14)16-11(17)9-4-5-15-6-10(9)18-2/h4-6H,3,7-8H2,1-2H3,(H,16,17). The average molecular weight is 380 g/mol. The van der Waals surface area contributed by atoms with Crippen molar-refractivity contribution in [2.24, 2.45) is 0 Å². The first-order valence-electron chi connectivity index (χ1n) is 5.55. The molecule has 1 rings (SSSR count). The summed E-state index contributed by atoms with van der Waals surface area (Å²) in [4.78, 5) is 16.2. The molecule has 0 unspecified atom stereocenters. The summed E-state index contributed by atoms with van der Waals surface area (Å²) in [5, 5.41) is 4.39. The number of nitrogens with one attached hydrogen (secondary N) is 1. The van der Waals surface area contributed by atoms with E-state index in [0.717, 1.165) is 6.42 Å². The summed E-state index contributed by atoms with van der Waals surface area (Å²) in [7, 11) is 1.52. The molecule has 0 atom stereocenters. The fraction of sp³-hybridized carbons (Fsp3) is 0.500. The molecule has 0 aliphatic heterocycles. The zero-order chi connectivity index (χ0) is 13.6. The fourth-order valence-corrected chi connectivity index (χ4v) is 3.42. The monoisotopic (exact) mass is 378 g/mol. The van der Waals surface area contributed by atoms with Gasteiger partial charge in [-0.3, -0.25) is 9.78 Å². The molecule has 1 aromatic heterocycles. The van der Waals surface area contributed by atoms with Gasteiger partial charge >= 0.3 is 0 Å². The lowest BCUT2D eigenvalue weighted by molar-refractivity contribution is 0.0912. The topological polar surface area (TPSA) is 51.2 Å². The maximum atomic E-state index is 12.3. The number of halogens is 2. The molecule has 1 amide bonds. The minimum absolute atomic E-state index is 0.157. The van der Waals surface area contributed by atoms with Crippen LogP contribution in [-0.2, 0) is 0 Å². The van der Waals surface area contributed by atoms with E-state index in [4.69, 9.17) is 4.74 Å². The van der Waals surface area contributed by atoms with E-state index in [2.05, 4.69) is 42.2 Å². The number of amides is 1. The molecule has 0 saturated carbocycles. The molecule has 6 heteroatoms. The van der Waals surface area contributed by atoms with Crippen LogP contribution in [0.25, 0.3) is 0 Å². The normalized spacial score (nSPS) is 11.1. The Hall–Kier alpha value is -0.620. The van der Waals surface area contributed by atoms with Gasteiger partial charge in [-0.25, -0.2) is 0 Å². The molecule has 1 heterocycles. The van der Waals surface area contributed by atoms with Crippen molar-refractivity contribution in [1.82, 2.24) is 10.3 Å². The van der Waals surface area contributed by atoms with Crippen LogP contribution in [0.4, 0.5) is 0 Å². The Morgan fingerprint density at radius 2 is 2.17 bits per heavy atom. The van der Waals surface area contributed by atoms with Crippen LogP contribution in [-0.4, -0.2) is 34.2 Å². The molecular weight excluding hydrogens is 364 g/mol. The second-order valence-corrected chi connectivity index (χ2v) is 5.05. The molecule has 1 N–H and O–H groups in total. The number of hydrogen-bond donors (Lipinski definition) is 1. The van der Waals surface area contributed by atoms with Gasteiger partial charge in [0.1, 0.15) is 5.75 Å². The number of carbonyl (C=O) groups excluding carboxylic acids is 1. The van der Waals surface area contributed by atoms with Crippen molar-refractivity contribution in [1.29, 1.82) is 0 Å². The van der Waals surface area contributed by atoms with E-state index in [1.165, 1.54) is 13.3 Å². The van der Waals surface area contributed by atoms with Crippen molar-refractivity contribution in [3.05, 3.63) is 24.0 Å². The quantitative estimate of drug-likeness (QED) is 0.773. The largest absolute Gasteiger partial charge is 0.494 e. The molecule has 0 aromatic carbocycles. The number of nitrogens with zero attached hydrogens (tertiary/aromatic N) is 1. The maximum absolute atomic E-state index is 12.3. The average Bonchev–Trinajstić information content (AvgIpc) is 2.44. The highest BCUT2D eigenvalue weighted by Gasteiger charge is 2.29. The summed E-state index contributed by atoms with van der Waals surface area (Å²) < 4.78 is 5.14. The Kier molecular flexibility index (Phi) is 6.08. The smallest absolute Gasteiger partial charge is 0.255 e. The summed E-state index contributed by atoms with van der Waals surface area (Å²) >= 11 is 6.88. The van der Waals surface area contributed by atoms with Crippen LogP contribution in [0.3, 0.4) is 0 Å². The van der Waals surface area contributed by atoms with Gasteiger partial charge < -0.3 is 10.1 Å². The van der Waals surface area contributed by atoms with Crippen molar-refractivity contribution in [3.63, 3.8) is 0 Å². The van der Waals surface area contributed by atoms with E-state index in [1.54, 1.807) is 12.3 Å². The summed E-state index contributed by atoms with van der Waals surface area (Å²) in [5.41, 5.74) is 0.193. The summed E-state index contributed by atoms with van der Waals surface area (Å²) in [5.74, 6) is 0.319. The second-order valence-electron chi connectivity index (χ2n) is 3.93. The number of methoxy groups -OCH3 is 1. The van der Waals surface area contributed by atoms with Crippen LogP contribution in [0.15, 0.2) is 18.5 Å². The van der Waals surface area contributed by atoms with Gasteiger partial charge in [-0.15, -0.1) is 0 Å². The number of carbonyl (C=O) groups is 1. The van der Waals surface area contributed by atoms with Crippen LogP contribution in [0.1, 0.15) is 23.7 Å². The third-order valence-electron chi connectivity index (χ3n) is 2.82. The Labute approximate surface area is 124 Å². The lowest BCUT2D eigenvalue weighted by Crippen LogP contribution is -2.51. The van der Waals surface area contributed by atoms with Crippen molar-refractivity contribution >= 4 is 37.8 Å². The first-order chi connectivity index (χ1) is 8.62. The molecule has 0 radical (unpaired) electrons. The van der Waals surface area contributed by atoms with E-state index in [9.17, 15) is 4.79 Å². The number of pyridine rings is 1. The van der Waals surface area contributed by atoms with Crippen molar-refractivity contribution in [3.8, 4) is 5.75 Å². The van der Waals surface area contributed by atoms with Gasteiger partial charge in [-0.1, -0.05) is 38.8 Å². The van der Waals surface area contributed by atoms with Gasteiger partial charge in [0.15, 0.2) is 0 Å². The molecule has 0 aliphatic carbocycles. The molecular formula is C12H16Br2N2O2. The minimum Gasteiger partial charge on any atom is -0.494 e. The molecule has 0 aliphatic rings. The van der Waals surface area contributed by atoms with Gasteiger partial charge in [0, 0.05) is 16.9 Å². The fourth-order valence-electron chi connectivity index (χ4n) is 1.42. The number of alkyl halides is 2. The molecule has 1 aromatic rings. The third-order valence-corrected chi connectivity index (χ3v) is 4.96. The molecule has 100 valence electrons. The minimum atomic E-state index is -0.300. The second kappa shape index (κ2) is 7.09. The maximum Gasteiger partial charge on any atom is 0.255 e. The Morgan fingerprint density at radius 3 is 2.67 bits per heavy atom. The summed E-state index contributed by atoms with van der Waals surface area (Å²) in [6.45, 7) is 2.03. The molecule has 0 fully saturated rings. The van der Waals surface area contributed by atoms with E-state index in [-0.39, 0.29) is 11.4 Å². The summed E-state index contributed by atoms with van der Waals surface area (Å²) in [6.07, 6.45) is 3.93. The van der Waals surface area contributed by atoms with Crippen molar-refractivity contribution < 1.29 is 9.53 Å². The van der Waals surface area contributed by atoms with Gasteiger partial charge in [-0.2, -0.15) is 0 Å².